The van der Waals surface area contributed by atoms with Crippen molar-refractivity contribution in [1.82, 2.24) is 10.6 Å². The van der Waals surface area contributed by atoms with Crippen LogP contribution in [0.5, 0.6) is 0 Å². The monoisotopic (exact) mass is 308 g/mol. The molecule has 0 aromatic heterocycles. The van der Waals surface area contributed by atoms with Gasteiger partial charge >= 0.3 is 0 Å². The molecule has 0 heterocycles. The van der Waals surface area contributed by atoms with Crippen molar-refractivity contribution >= 4 is 11.8 Å². The lowest BCUT2D eigenvalue weighted by Crippen LogP contribution is -2.32. The normalized spacial score (nSPS) is 19.5. The van der Waals surface area contributed by atoms with E-state index in [1.807, 2.05) is 0 Å². The summed E-state index contributed by atoms with van der Waals surface area (Å²) in [7, 11) is 1.56. The minimum Gasteiger partial charge on any atom is -0.383 e. The minimum absolute atomic E-state index is 0.105. The number of carbonyl (C=O) groups excluding carboxylic acids is 2. The quantitative estimate of drug-likeness (QED) is 0.701. The van der Waals surface area contributed by atoms with Crippen molar-refractivity contribution in [3.05, 3.63) is 35.6 Å². The Morgan fingerprint density at radius 1 is 1.18 bits per heavy atom. The first-order valence-corrected chi connectivity index (χ1v) is 7.41. The van der Waals surface area contributed by atoms with Crippen molar-refractivity contribution in [3.63, 3.8) is 0 Å². The van der Waals surface area contributed by atoms with Gasteiger partial charge in [-0.05, 0) is 24.5 Å². The molecule has 0 bridgehead atoms. The number of ether oxygens (including phenoxy) is 1. The Morgan fingerprint density at radius 2 is 1.82 bits per heavy atom. The van der Waals surface area contributed by atoms with Crippen molar-refractivity contribution < 1.29 is 18.7 Å². The van der Waals surface area contributed by atoms with Crippen LogP contribution >= 0.6 is 0 Å². The van der Waals surface area contributed by atoms with E-state index in [4.69, 9.17) is 4.74 Å². The van der Waals surface area contributed by atoms with Crippen molar-refractivity contribution in [3.8, 4) is 0 Å². The Kier molecular flexibility index (Phi) is 5.89. The first-order chi connectivity index (χ1) is 10.6. The molecular formula is C16H21FN2O3. The lowest BCUT2D eigenvalue weighted by atomic mass is 10.1. The van der Waals surface area contributed by atoms with Crippen LogP contribution in [0.2, 0.25) is 0 Å². The fourth-order valence-corrected chi connectivity index (χ4v) is 2.33. The Labute approximate surface area is 129 Å². The first kappa shape index (κ1) is 16.4. The Bertz CT molecular complexity index is 536. The molecule has 1 saturated carbocycles. The zero-order valence-electron chi connectivity index (χ0n) is 12.6. The van der Waals surface area contributed by atoms with Crippen molar-refractivity contribution in [2.24, 2.45) is 11.8 Å². The number of rotatable bonds is 8. The number of benzene rings is 1. The van der Waals surface area contributed by atoms with Gasteiger partial charge in [-0.3, -0.25) is 9.59 Å². The SMILES string of the molecule is COCCNC(=O)C1CC1C(=O)NCCc1ccccc1F. The van der Waals surface area contributed by atoms with Gasteiger partial charge in [0.05, 0.1) is 18.4 Å². The van der Waals surface area contributed by atoms with E-state index in [0.29, 0.717) is 38.1 Å². The summed E-state index contributed by atoms with van der Waals surface area (Å²) >= 11 is 0. The van der Waals surface area contributed by atoms with Gasteiger partial charge in [0.2, 0.25) is 11.8 Å². The van der Waals surface area contributed by atoms with Crippen LogP contribution in [-0.2, 0) is 20.7 Å². The molecule has 2 rings (SSSR count). The highest BCUT2D eigenvalue weighted by molar-refractivity contribution is 5.92. The van der Waals surface area contributed by atoms with Crippen LogP contribution in [-0.4, -0.2) is 38.6 Å². The smallest absolute Gasteiger partial charge is 0.224 e. The summed E-state index contributed by atoms with van der Waals surface area (Å²) in [5.74, 6) is -1.01. The summed E-state index contributed by atoms with van der Waals surface area (Å²) in [4.78, 5) is 23.7. The van der Waals surface area contributed by atoms with Crippen LogP contribution in [0.3, 0.4) is 0 Å². The maximum absolute atomic E-state index is 13.4. The van der Waals surface area contributed by atoms with Gasteiger partial charge in [-0.15, -0.1) is 0 Å². The molecule has 2 unspecified atom stereocenters. The van der Waals surface area contributed by atoms with Gasteiger partial charge in [0.15, 0.2) is 0 Å². The van der Waals surface area contributed by atoms with E-state index < -0.39 is 0 Å². The highest BCUT2D eigenvalue weighted by atomic mass is 19.1. The lowest BCUT2D eigenvalue weighted by Gasteiger charge is -2.06. The van der Waals surface area contributed by atoms with Crippen LogP contribution in [0.25, 0.3) is 0 Å². The molecule has 0 saturated heterocycles. The van der Waals surface area contributed by atoms with Gasteiger partial charge in [0, 0.05) is 20.2 Å². The number of carbonyl (C=O) groups is 2. The van der Waals surface area contributed by atoms with E-state index in [2.05, 4.69) is 10.6 Å². The van der Waals surface area contributed by atoms with Gasteiger partial charge in [0.1, 0.15) is 5.82 Å². The van der Waals surface area contributed by atoms with Gasteiger partial charge in [-0.1, -0.05) is 18.2 Å². The van der Waals surface area contributed by atoms with Gasteiger partial charge < -0.3 is 15.4 Å². The summed E-state index contributed by atoms with van der Waals surface area (Å²) < 4.78 is 18.3. The fourth-order valence-electron chi connectivity index (χ4n) is 2.33. The molecule has 2 amide bonds. The zero-order valence-corrected chi connectivity index (χ0v) is 12.6. The zero-order chi connectivity index (χ0) is 15.9. The standard InChI is InChI=1S/C16H21FN2O3/c1-22-9-8-19-16(21)13-10-12(13)15(20)18-7-6-11-4-2-3-5-14(11)17/h2-5,12-13H,6-10H2,1H3,(H,18,20)(H,19,21). The third-order valence-corrected chi connectivity index (χ3v) is 3.72. The second kappa shape index (κ2) is 7.89. The Balaban J connectivity index is 1.67. The van der Waals surface area contributed by atoms with Gasteiger partial charge in [-0.2, -0.15) is 0 Å². The van der Waals surface area contributed by atoms with Crippen LogP contribution in [0.4, 0.5) is 4.39 Å². The van der Waals surface area contributed by atoms with E-state index in [1.165, 1.54) is 6.07 Å². The molecule has 120 valence electrons. The second-order valence-electron chi connectivity index (χ2n) is 5.36. The van der Waals surface area contributed by atoms with Crippen LogP contribution in [0.1, 0.15) is 12.0 Å². The van der Waals surface area contributed by atoms with Crippen molar-refractivity contribution in [2.45, 2.75) is 12.8 Å². The molecule has 0 spiro atoms. The third kappa shape index (κ3) is 4.53. The number of hydrogen-bond donors (Lipinski definition) is 2. The van der Waals surface area contributed by atoms with Gasteiger partial charge in [-0.25, -0.2) is 4.39 Å². The lowest BCUT2D eigenvalue weighted by molar-refractivity contribution is -0.127. The molecule has 2 N–H and O–H groups in total. The van der Waals surface area contributed by atoms with E-state index in [1.54, 1.807) is 25.3 Å². The molecule has 1 aliphatic rings. The average molecular weight is 308 g/mol. The molecular weight excluding hydrogens is 287 g/mol. The number of nitrogens with one attached hydrogen (secondary N) is 2. The average Bonchev–Trinajstić information content (AvgIpc) is 3.30. The van der Waals surface area contributed by atoms with Crippen molar-refractivity contribution in [2.75, 3.05) is 26.8 Å². The molecule has 0 aliphatic heterocycles. The van der Waals surface area contributed by atoms with Crippen LogP contribution in [0.15, 0.2) is 24.3 Å². The summed E-state index contributed by atoms with van der Waals surface area (Å²) in [6.07, 6.45) is 1.01. The maximum Gasteiger partial charge on any atom is 0.224 e. The Hall–Kier alpha value is -1.95. The summed E-state index contributed by atoms with van der Waals surface area (Å²) in [5.41, 5.74) is 0.576. The summed E-state index contributed by atoms with van der Waals surface area (Å²) in [6.45, 7) is 1.28. The van der Waals surface area contributed by atoms with E-state index >= 15 is 0 Å². The molecule has 1 aromatic carbocycles. The Morgan fingerprint density at radius 3 is 2.45 bits per heavy atom. The topological polar surface area (TPSA) is 67.4 Å². The third-order valence-electron chi connectivity index (χ3n) is 3.72. The predicted octanol–water partition coefficient (Wildman–Crippen LogP) is 0.883. The van der Waals surface area contributed by atoms with Crippen LogP contribution < -0.4 is 10.6 Å². The first-order valence-electron chi connectivity index (χ1n) is 7.41. The fraction of sp³-hybridized carbons (Fsp3) is 0.500. The number of amides is 2. The van der Waals surface area contributed by atoms with E-state index in [9.17, 15) is 14.0 Å². The maximum atomic E-state index is 13.4. The molecule has 2 atom stereocenters. The summed E-state index contributed by atoms with van der Waals surface area (Å²) in [6, 6.07) is 6.50. The molecule has 5 nitrogen and oxygen atoms in total. The highest BCUT2D eigenvalue weighted by Crippen LogP contribution is 2.38. The highest BCUT2D eigenvalue weighted by Gasteiger charge is 2.47. The van der Waals surface area contributed by atoms with Gasteiger partial charge in [0.25, 0.3) is 0 Å². The largest absolute Gasteiger partial charge is 0.383 e. The minimum atomic E-state index is -0.265. The summed E-state index contributed by atoms with van der Waals surface area (Å²) in [5, 5.41) is 5.49. The van der Waals surface area contributed by atoms with E-state index in [-0.39, 0.29) is 29.5 Å². The number of methoxy groups -OCH3 is 1. The predicted molar refractivity (Wildman–Crippen MR) is 79.6 cm³/mol. The molecule has 22 heavy (non-hydrogen) atoms. The molecule has 0 radical (unpaired) electrons. The van der Waals surface area contributed by atoms with Crippen LogP contribution in [0, 0.1) is 17.7 Å². The number of hydrogen-bond acceptors (Lipinski definition) is 3. The van der Waals surface area contributed by atoms with Crippen molar-refractivity contribution in [1.29, 1.82) is 0 Å². The molecule has 1 aromatic rings. The molecule has 1 aliphatic carbocycles. The number of halogens is 1. The second-order valence-corrected chi connectivity index (χ2v) is 5.36. The molecule has 1 fully saturated rings. The van der Waals surface area contributed by atoms with E-state index in [0.717, 1.165) is 0 Å². The molecule has 6 heteroatoms.